The van der Waals surface area contributed by atoms with Crippen LogP contribution < -0.4 is 19.7 Å². The Balaban J connectivity index is 1.69. The molecular formula is C24H33N3O3. The number of carbonyl (C=O) groups is 1. The quantitative estimate of drug-likeness (QED) is 0.795. The summed E-state index contributed by atoms with van der Waals surface area (Å²) in [6.07, 6.45) is 0. The first-order valence-electron chi connectivity index (χ1n) is 10.4. The first kappa shape index (κ1) is 21.8. The van der Waals surface area contributed by atoms with Gasteiger partial charge < -0.3 is 24.6 Å². The van der Waals surface area contributed by atoms with Crippen molar-refractivity contribution >= 4 is 17.4 Å². The maximum atomic E-state index is 13.0. The highest BCUT2D eigenvalue weighted by Gasteiger charge is 2.26. The molecule has 2 aromatic rings. The smallest absolute Gasteiger partial charge is 0.321 e. The van der Waals surface area contributed by atoms with E-state index in [9.17, 15) is 4.79 Å². The highest BCUT2D eigenvalue weighted by Crippen LogP contribution is 2.34. The van der Waals surface area contributed by atoms with Crippen molar-refractivity contribution in [3.63, 3.8) is 0 Å². The number of piperazine rings is 1. The van der Waals surface area contributed by atoms with E-state index >= 15 is 0 Å². The maximum Gasteiger partial charge on any atom is 0.321 e. The summed E-state index contributed by atoms with van der Waals surface area (Å²) < 4.78 is 10.8. The van der Waals surface area contributed by atoms with E-state index in [1.54, 1.807) is 14.2 Å². The van der Waals surface area contributed by atoms with Gasteiger partial charge in [0.25, 0.3) is 0 Å². The number of amides is 2. The second-order valence-corrected chi connectivity index (χ2v) is 8.69. The molecular weight excluding hydrogens is 378 g/mol. The monoisotopic (exact) mass is 411 g/mol. The standard InChI is InChI=1S/C24H33N3O3/c1-17-8-7-9-19(24(2,3)4)22(17)25-23(28)27-14-12-26(13-15-27)20-11-10-18(29-5)16-21(20)30-6/h7-11,16H,12-15H2,1-6H3,(H,25,28). The van der Waals surface area contributed by atoms with Crippen molar-refractivity contribution in [1.29, 1.82) is 0 Å². The van der Waals surface area contributed by atoms with Gasteiger partial charge in [-0.25, -0.2) is 4.79 Å². The SMILES string of the molecule is COc1ccc(N2CCN(C(=O)Nc3c(C)cccc3C(C)(C)C)CC2)c(OC)c1. The number of nitrogens with zero attached hydrogens (tertiary/aromatic N) is 2. The molecule has 0 aliphatic carbocycles. The summed E-state index contributed by atoms with van der Waals surface area (Å²) in [5.41, 5.74) is 4.13. The molecule has 6 nitrogen and oxygen atoms in total. The lowest BCUT2D eigenvalue weighted by molar-refractivity contribution is 0.208. The first-order valence-corrected chi connectivity index (χ1v) is 10.4. The molecule has 1 saturated heterocycles. The number of urea groups is 1. The number of anilines is 2. The van der Waals surface area contributed by atoms with Crippen molar-refractivity contribution < 1.29 is 14.3 Å². The lowest BCUT2D eigenvalue weighted by atomic mass is 9.84. The predicted octanol–water partition coefficient (Wildman–Crippen LogP) is 4.66. The van der Waals surface area contributed by atoms with Crippen molar-refractivity contribution in [3.8, 4) is 11.5 Å². The van der Waals surface area contributed by atoms with Crippen LogP contribution in [0.5, 0.6) is 11.5 Å². The first-order chi connectivity index (χ1) is 14.2. The lowest BCUT2D eigenvalue weighted by Crippen LogP contribution is -2.50. The minimum absolute atomic E-state index is 0.0434. The second-order valence-electron chi connectivity index (χ2n) is 8.69. The molecule has 162 valence electrons. The normalized spacial score (nSPS) is 14.5. The van der Waals surface area contributed by atoms with E-state index in [1.165, 1.54) is 0 Å². The zero-order chi connectivity index (χ0) is 21.9. The fourth-order valence-corrected chi connectivity index (χ4v) is 3.84. The van der Waals surface area contributed by atoms with Gasteiger partial charge in [0.1, 0.15) is 11.5 Å². The van der Waals surface area contributed by atoms with Gasteiger partial charge >= 0.3 is 6.03 Å². The highest BCUT2D eigenvalue weighted by molar-refractivity contribution is 5.91. The van der Waals surface area contributed by atoms with Gasteiger partial charge in [-0.1, -0.05) is 39.0 Å². The zero-order valence-electron chi connectivity index (χ0n) is 18.9. The fraction of sp³-hybridized carbons (Fsp3) is 0.458. The van der Waals surface area contributed by atoms with Gasteiger partial charge in [-0.05, 0) is 35.6 Å². The average molecular weight is 412 g/mol. The van der Waals surface area contributed by atoms with E-state index in [4.69, 9.17) is 9.47 Å². The molecule has 30 heavy (non-hydrogen) atoms. The second kappa shape index (κ2) is 8.86. The molecule has 0 unspecified atom stereocenters. The third kappa shape index (κ3) is 4.64. The van der Waals surface area contributed by atoms with Crippen LogP contribution in [0.2, 0.25) is 0 Å². The van der Waals surface area contributed by atoms with Crippen molar-refractivity contribution in [1.82, 2.24) is 4.90 Å². The molecule has 0 radical (unpaired) electrons. The lowest BCUT2D eigenvalue weighted by Gasteiger charge is -2.37. The van der Waals surface area contributed by atoms with Crippen LogP contribution in [-0.4, -0.2) is 51.3 Å². The molecule has 0 aromatic heterocycles. The Hall–Kier alpha value is -2.89. The molecule has 0 spiro atoms. The Morgan fingerprint density at radius 3 is 2.30 bits per heavy atom. The summed E-state index contributed by atoms with van der Waals surface area (Å²) in [7, 11) is 3.31. The molecule has 1 N–H and O–H groups in total. The number of nitrogens with one attached hydrogen (secondary N) is 1. The summed E-state index contributed by atoms with van der Waals surface area (Å²) in [4.78, 5) is 17.1. The Morgan fingerprint density at radius 2 is 1.70 bits per heavy atom. The third-order valence-electron chi connectivity index (χ3n) is 5.61. The molecule has 1 aliphatic heterocycles. The Labute approximate surface area is 179 Å². The summed E-state index contributed by atoms with van der Waals surface area (Å²) in [5.74, 6) is 1.54. The van der Waals surface area contributed by atoms with Crippen LogP contribution in [0.3, 0.4) is 0 Å². The van der Waals surface area contributed by atoms with Crippen LogP contribution in [0.4, 0.5) is 16.2 Å². The van der Waals surface area contributed by atoms with E-state index < -0.39 is 0 Å². The van der Waals surface area contributed by atoms with Gasteiger partial charge in [-0.2, -0.15) is 0 Å². The molecule has 0 bridgehead atoms. The van der Waals surface area contributed by atoms with Gasteiger partial charge in [0.15, 0.2) is 0 Å². The van der Waals surface area contributed by atoms with E-state index in [0.29, 0.717) is 13.1 Å². The van der Waals surface area contributed by atoms with Crippen LogP contribution >= 0.6 is 0 Å². The van der Waals surface area contributed by atoms with Gasteiger partial charge in [0.2, 0.25) is 0 Å². The van der Waals surface area contributed by atoms with Crippen LogP contribution in [0.25, 0.3) is 0 Å². The number of hydrogen-bond acceptors (Lipinski definition) is 4. The third-order valence-corrected chi connectivity index (χ3v) is 5.61. The van der Waals surface area contributed by atoms with Crippen LogP contribution in [0, 0.1) is 6.92 Å². The van der Waals surface area contributed by atoms with E-state index in [-0.39, 0.29) is 11.4 Å². The number of aryl methyl sites for hydroxylation is 1. The maximum absolute atomic E-state index is 13.0. The van der Waals surface area contributed by atoms with Gasteiger partial charge in [0, 0.05) is 37.9 Å². The number of benzene rings is 2. The summed E-state index contributed by atoms with van der Waals surface area (Å²) >= 11 is 0. The van der Waals surface area contributed by atoms with E-state index in [2.05, 4.69) is 37.1 Å². The van der Waals surface area contributed by atoms with Crippen LogP contribution in [0.1, 0.15) is 31.9 Å². The van der Waals surface area contributed by atoms with Gasteiger partial charge in [-0.15, -0.1) is 0 Å². The van der Waals surface area contributed by atoms with Crippen molar-refractivity contribution in [2.45, 2.75) is 33.1 Å². The topological polar surface area (TPSA) is 54.0 Å². The number of methoxy groups -OCH3 is 2. The fourth-order valence-electron chi connectivity index (χ4n) is 3.84. The number of ether oxygens (including phenoxy) is 2. The summed E-state index contributed by atoms with van der Waals surface area (Å²) in [6, 6.07) is 12.0. The van der Waals surface area contributed by atoms with Crippen molar-refractivity contribution in [2.24, 2.45) is 0 Å². The van der Waals surface area contributed by atoms with Crippen molar-refractivity contribution in [3.05, 3.63) is 47.5 Å². The van der Waals surface area contributed by atoms with E-state index in [0.717, 1.165) is 47.1 Å². The molecule has 6 heteroatoms. The molecule has 2 amide bonds. The Morgan fingerprint density at radius 1 is 1.00 bits per heavy atom. The molecule has 1 aliphatic rings. The minimum atomic E-state index is -0.0452. The average Bonchev–Trinajstić information content (AvgIpc) is 2.74. The van der Waals surface area contributed by atoms with Crippen LogP contribution in [-0.2, 0) is 5.41 Å². The highest BCUT2D eigenvalue weighted by atomic mass is 16.5. The summed E-state index contributed by atoms with van der Waals surface area (Å²) in [6.45, 7) is 11.3. The number of para-hydroxylation sites is 1. The molecule has 1 heterocycles. The molecule has 3 rings (SSSR count). The van der Waals surface area contributed by atoms with Crippen molar-refractivity contribution in [2.75, 3.05) is 50.6 Å². The number of hydrogen-bond donors (Lipinski definition) is 1. The molecule has 0 atom stereocenters. The zero-order valence-corrected chi connectivity index (χ0v) is 18.9. The Bertz CT molecular complexity index is 897. The molecule has 0 saturated carbocycles. The number of carbonyl (C=O) groups excluding carboxylic acids is 1. The van der Waals surface area contributed by atoms with Crippen LogP contribution in [0.15, 0.2) is 36.4 Å². The largest absolute Gasteiger partial charge is 0.497 e. The molecule has 2 aromatic carbocycles. The van der Waals surface area contributed by atoms with Gasteiger partial charge in [-0.3, -0.25) is 0 Å². The molecule has 1 fully saturated rings. The Kier molecular flexibility index (Phi) is 6.44. The number of rotatable bonds is 4. The van der Waals surface area contributed by atoms with E-state index in [1.807, 2.05) is 42.2 Å². The van der Waals surface area contributed by atoms with Gasteiger partial charge in [0.05, 0.1) is 19.9 Å². The minimum Gasteiger partial charge on any atom is -0.497 e. The summed E-state index contributed by atoms with van der Waals surface area (Å²) in [5, 5.41) is 3.17. The predicted molar refractivity (Wildman–Crippen MR) is 122 cm³/mol.